The molecule has 7 nitrogen and oxygen atoms in total. The van der Waals surface area contributed by atoms with Crippen LogP contribution < -0.4 is 10.5 Å². The summed E-state index contributed by atoms with van der Waals surface area (Å²) >= 11 is 0. The van der Waals surface area contributed by atoms with E-state index in [9.17, 15) is 8.42 Å². The molecule has 8 heteroatoms. The Hall–Kier alpha value is -0.960. The molecule has 0 aliphatic heterocycles. The molecule has 0 saturated heterocycles. The normalized spacial score (nSPS) is 18.2. The van der Waals surface area contributed by atoms with Gasteiger partial charge in [0.25, 0.3) is 0 Å². The van der Waals surface area contributed by atoms with Gasteiger partial charge in [-0.2, -0.15) is 5.10 Å². The highest BCUT2D eigenvalue weighted by Crippen LogP contribution is 2.34. The molecule has 1 fully saturated rings. The van der Waals surface area contributed by atoms with Gasteiger partial charge in [-0.1, -0.05) is 0 Å². The van der Waals surface area contributed by atoms with E-state index in [1.54, 1.807) is 7.11 Å². The van der Waals surface area contributed by atoms with Gasteiger partial charge in [0.1, 0.15) is 4.90 Å². The molecule has 0 amide bonds. The van der Waals surface area contributed by atoms with Gasteiger partial charge in [0.05, 0.1) is 18.3 Å². The standard InChI is InChI=1S/C11H20N4O3S/c1-18-11(3-2-4-11)9-14-19(16,17)10-7-13-15(8-10)6-5-12/h7-8,14H,2-6,9,12H2,1H3. The van der Waals surface area contributed by atoms with Crippen LogP contribution in [0.1, 0.15) is 19.3 Å². The lowest BCUT2D eigenvalue weighted by Gasteiger charge is -2.40. The van der Waals surface area contributed by atoms with E-state index in [1.165, 1.54) is 17.1 Å². The summed E-state index contributed by atoms with van der Waals surface area (Å²) in [6.45, 7) is 1.22. The third kappa shape index (κ3) is 3.14. The van der Waals surface area contributed by atoms with E-state index in [0.717, 1.165) is 19.3 Å². The van der Waals surface area contributed by atoms with Crippen molar-refractivity contribution in [1.82, 2.24) is 14.5 Å². The van der Waals surface area contributed by atoms with Gasteiger partial charge in [-0.05, 0) is 19.3 Å². The average molecular weight is 288 g/mol. The van der Waals surface area contributed by atoms with Gasteiger partial charge in [-0.3, -0.25) is 4.68 Å². The Labute approximate surface area is 113 Å². The number of rotatable bonds is 7. The molecule has 0 unspecified atom stereocenters. The van der Waals surface area contributed by atoms with Gasteiger partial charge in [-0.15, -0.1) is 0 Å². The van der Waals surface area contributed by atoms with Crippen molar-refractivity contribution in [1.29, 1.82) is 0 Å². The molecule has 1 aromatic rings. The van der Waals surface area contributed by atoms with Crippen LogP contribution in [0.3, 0.4) is 0 Å². The Balaban J connectivity index is 2.01. The van der Waals surface area contributed by atoms with Crippen molar-refractivity contribution in [2.75, 3.05) is 20.2 Å². The van der Waals surface area contributed by atoms with Gasteiger partial charge in [0.2, 0.25) is 10.0 Å². The number of sulfonamides is 1. The van der Waals surface area contributed by atoms with E-state index in [4.69, 9.17) is 10.5 Å². The highest BCUT2D eigenvalue weighted by molar-refractivity contribution is 7.89. The fraction of sp³-hybridized carbons (Fsp3) is 0.727. The first kappa shape index (κ1) is 14.4. The van der Waals surface area contributed by atoms with Crippen molar-refractivity contribution >= 4 is 10.0 Å². The Kier molecular flexibility index (Phi) is 4.24. The van der Waals surface area contributed by atoms with Crippen molar-refractivity contribution in [2.24, 2.45) is 5.73 Å². The maximum Gasteiger partial charge on any atom is 0.243 e. The summed E-state index contributed by atoms with van der Waals surface area (Å²) < 4.78 is 33.7. The van der Waals surface area contributed by atoms with E-state index in [1.807, 2.05) is 0 Å². The number of aromatic nitrogens is 2. The van der Waals surface area contributed by atoms with E-state index in [0.29, 0.717) is 19.6 Å². The monoisotopic (exact) mass is 288 g/mol. The number of nitrogens with two attached hydrogens (primary N) is 1. The summed E-state index contributed by atoms with van der Waals surface area (Å²) in [5.74, 6) is 0. The summed E-state index contributed by atoms with van der Waals surface area (Å²) in [6, 6.07) is 0. The van der Waals surface area contributed by atoms with Gasteiger partial charge < -0.3 is 10.5 Å². The van der Waals surface area contributed by atoms with Crippen LogP contribution in [0.5, 0.6) is 0 Å². The van der Waals surface area contributed by atoms with Crippen LogP contribution in [0, 0.1) is 0 Å². The Morgan fingerprint density at radius 3 is 2.84 bits per heavy atom. The van der Waals surface area contributed by atoms with Crippen molar-refractivity contribution in [3.63, 3.8) is 0 Å². The first-order valence-corrected chi connectivity index (χ1v) is 7.77. The maximum atomic E-state index is 12.1. The predicted octanol–water partition coefficient (Wildman–Crippen LogP) is -0.311. The van der Waals surface area contributed by atoms with Gasteiger partial charge in [0.15, 0.2) is 0 Å². The lowest BCUT2D eigenvalue weighted by atomic mass is 9.80. The highest BCUT2D eigenvalue weighted by Gasteiger charge is 2.38. The largest absolute Gasteiger partial charge is 0.377 e. The second kappa shape index (κ2) is 5.58. The zero-order chi connectivity index (χ0) is 13.9. The Bertz CT molecular complexity index is 516. The summed E-state index contributed by atoms with van der Waals surface area (Å²) in [6.07, 6.45) is 5.66. The summed E-state index contributed by atoms with van der Waals surface area (Å²) in [4.78, 5) is 0.159. The topological polar surface area (TPSA) is 99.2 Å². The van der Waals surface area contributed by atoms with E-state index >= 15 is 0 Å². The number of nitrogens with zero attached hydrogens (tertiary/aromatic N) is 2. The Morgan fingerprint density at radius 1 is 1.58 bits per heavy atom. The quantitative estimate of drug-likeness (QED) is 0.717. The molecule has 1 heterocycles. The van der Waals surface area contributed by atoms with E-state index in [-0.39, 0.29) is 10.5 Å². The molecule has 3 N–H and O–H groups in total. The average Bonchev–Trinajstić information content (AvgIpc) is 2.78. The third-order valence-corrected chi connectivity index (χ3v) is 4.92. The zero-order valence-electron chi connectivity index (χ0n) is 11.0. The second-order valence-corrected chi connectivity index (χ2v) is 6.56. The van der Waals surface area contributed by atoms with Crippen LogP contribution in [0.25, 0.3) is 0 Å². The van der Waals surface area contributed by atoms with Crippen molar-refractivity contribution in [2.45, 2.75) is 36.3 Å². The van der Waals surface area contributed by atoms with E-state index < -0.39 is 10.0 Å². The molecule has 2 rings (SSSR count). The number of hydrogen-bond acceptors (Lipinski definition) is 5. The number of nitrogens with one attached hydrogen (secondary N) is 1. The minimum atomic E-state index is -3.53. The minimum absolute atomic E-state index is 0.159. The summed E-state index contributed by atoms with van der Waals surface area (Å²) in [5, 5.41) is 3.96. The predicted molar refractivity (Wildman–Crippen MR) is 70.1 cm³/mol. The fourth-order valence-electron chi connectivity index (χ4n) is 2.07. The third-order valence-electron chi connectivity index (χ3n) is 3.56. The van der Waals surface area contributed by atoms with Crippen LogP contribution in [0.4, 0.5) is 0 Å². The first-order chi connectivity index (χ1) is 9.01. The number of methoxy groups -OCH3 is 1. The van der Waals surface area contributed by atoms with Gasteiger partial charge in [-0.25, -0.2) is 13.1 Å². The molecule has 0 bridgehead atoms. The molecule has 1 aromatic heterocycles. The van der Waals surface area contributed by atoms with Crippen molar-refractivity contribution in [3.05, 3.63) is 12.4 Å². The maximum absolute atomic E-state index is 12.1. The summed E-state index contributed by atoms with van der Waals surface area (Å²) in [5.41, 5.74) is 5.06. The Morgan fingerprint density at radius 2 is 2.32 bits per heavy atom. The summed E-state index contributed by atoms with van der Waals surface area (Å²) in [7, 11) is -1.91. The lowest BCUT2D eigenvalue weighted by molar-refractivity contribution is -0.0659. The SMILES string of the molecule is COC1(CNS(=O)(=O)c2cnn(CCN)c2)CCC1. The van der Waals surface area contributed by atoms with Crippen molar-refractivity contribution in [3.8, 4) is 0 Å². The number of hydrogen-bond donors (Lipinski definition) is 2. The van der Waals surface area contributed by atoms with Crippen LogP contribution in [0.15, 0.2) is 17.3 Å². The smallest absolute Gasteiger partial charge is 0.243 e. The van der Waals surface area contributed by atoms with Crippen LogP contribution >= 0.6 is 0 Å². The van der Waals surface area contributed by atoms with Crippen LogP contribution in [-0.2, 0) is 21.3 Å². The molecule has 19 heavy (non-hydrogen) atoms. The van der Waals surface area contributed by atoms with Crippen molar-refractivity contribution < 1.29 is 13.2 Å². The highest BCUT2D eigenvalue weighted by atomic mass is 32.2. The van der Waals surface area contributed by atoms with Gasteiger partial charge >= 0.3 is 0 Å². The molecular weight excluding hydrogens is 268 g/mol. The fourth-order valence-corrected chi connectivity index (χ4v) is 3.14. The minimum Gasteiger partial charge on any atom is -0.377 e. The molecule has 1 aliphatic rings. The first-order valence-electron chi connectivity index (χ1n) is 6.29. The molecule has 1 saturated carbocycles. The molecule has 0 atom stereocenters. The zero-order valence-corrected chi connectivity index (χ0v) is 11.8. The number of ether oxygens (including phenoxy) is 1. The lowest BCUT2D eigenvalue weighted by Crippen LogP contribution is -2.49. The second-order valence-electron chi connectivity index (χ2n) is 4.79. The molecule has 0 spiro atoms. The molecular formula is C11H20N4O3S. The molecule has 0 aromatic carbocycles. The molecule has 1 aliphatic carbocycles. The van der Waals surface area contributed by atoms with Crippen LogP contribution in [0.2, 0.25) is 0 Å². The molecule has 0 radical (unpaired) electrons. The van der Waals surface area contributed by atoms with Gasteiger partial charge in [0, 0.05) is 26.4 Å². The van der Waals surface area contributed by atoms with E-state index in [2.05, 4.69) is 9.82 Å². The van der Waals surface area contributed by atoms with Crippen LogP contribution in [-0.4, -0.2) is 44.0 Å². The molecule has 108 valence electrons.